The molecule has 0 radical (unpaired) electrons. The van der Waals surface area contributed by atoms with E-state index in [4.69, 9.17) is 0 Å². The van der Waals surface area contributed by atoms with Crippen molar-refractivity contribution in [2.45, 2.75) is 18.6 Å². The Labute approximate surface area is 118 Å². The maximum absolute atomic E-state index is 13.4. The minimum absolute atomic E-state index is 0.0947. The molecule has 1 rings (SSSR count). The molecule has 1 atom stereocenters. The molecule has 0 amide bonds. The summed E-state index contributed by atoms with van der Waals surface area (Å²) in [5, 5.41) is 14.2. The number of nitro groups is 1. The molecule has 0 spiro atoms. The van der Waals surface area contributed by atoms with Crippen LogP contribution >= 0.6 is 27.7 Å². The lowest BCUT2D eigenvalue weighted by atomic mass is 10.2. The van der Waals surface area contributed by atoms with Gasteiger partial charge in [0, 0.05) is 23.9 Å². The molecular formula is C11H14BrFN2O2S. The minimum atomic E-state index is -0.523. The molecule has 0 aliphatic carbocycles. The molecule has 100 valence electrons. The van der Waals surface area contributed by atoms with Crippen molar-refractivity contribution >= 4 is 39.1 Å². The van der Waals surface area contributed by atoms with Gasteiger partial charge >= 0.3 is 0 Å². The second kappa shape index (κ2) is 6.94. The Hall–Kier alpha value is -0.820. The third kappa shape index (κ3) is 4.13. The molecule has 18 heavy (non-hydrogen) atoms. The smallest absolute Gasteiger partial charge is 0.293 e. The highest BCUT2D eigenvalue weighted by atomic mass is 79.9. The first-order chi connectivity index (χ1) is 8.45. The summed E-state index contributed by atoms with van der Waals surface area (Å²) < 4.78 is 13.5. The highest BCUT2D eigenvalue weighted by Gasteiger charge is 2.17. The van der Waals surface area contributed by atoms with Crippen molar-refractivity contribution in [2.24, 2.45) is 0 Å². The molecular weight excluding hydrogens is 323 g/mol. The second-order valence-corrected chi connectivity index (χ2v) is 5.93. The fraction of sp³-hybridized carbons (Fsp3) is 0.455. The molecule has 0 aliphatic rings. The predicted molar refractivity (Wildman–Crippen MR) is 76.8 cm³/mol. The Morgan fingerprint density at radius 1 is 1.61 bits per heavy atom. The zero-order valence-corrected chi connectivity index (χ0v) is 12.5. The van der Waals surface area contributed by atoms with Gasteiger partial charge in [0.05, 0.1) is 9.40 Å². The van der Waals surface area contributed by atoms with Gasteiger partial charge < -0.3 is 5.32 Å². The number of nitrogens with zero attached hydrogens (tertiary/aromatic N) is 1. The lowest BCUT2D eigenvalue weighted by molar-refractivity contribution is -0.384. The van der Waals surface area contributed by atoms with Crippen molar-refractivity contribution in [3.05, 3.63) is 32.5 Å². The summed E-state index contributed by atoms with van der Waals surface area (Å²) in [7, 11) is 0. The number of halogens is 2. The number of benzene rings is 1. The van der Waals surface area contributed by atoms with Crippen LogP contribution in [0.15, 0.2) is 16.6 Å². The molecule has 0 aliphatic heterocycles. The van der Waals surface area contributed by atoms with E-state index >= 15 is 0 Å². The molecule has 4 nitrogen and oxygen atoms in total. The SMILES string of the molecule is CSC(C)CCNc1cc(F)c(Br)cc1[N+](=O)[O-]. The van der Waals surface area contributed by atoms with Crippen LogP contribution in [0.4, 0.5) is 15.8 Å². The third-order valence-electron chi connectivity index (χ3n) is 2.50. The van der Waals surface area contributed by atoms with Gasteiger partial charge in [0.1, 0.15) is 11.5 Å². The Bertz CT molecular complexity index is 445. The molecule has 0 bridgehead atoms. The Morgan fingerprint density at radius 2 is 2.28 bits per heavy atom. The number of nitrogens with one attached hydrogen (secondary N) is 1. The largest absolute Gasteiger partial charge is 0.379 e. The van der Waals surface area contributed by atoms with E-state index in [2.05, 4.69) is 28.2 Å². The van der Waals surface area contributed by atoms with Crippen LogP contribution in [-0.4, -0.2) is 23.0 Å². The van der Waals surface area contributed by atoms with Crippen LogP contribution in [0.2, 0.25) is 0 Å². The molecule has 0 fully saturated rings. The Morgan fingerprint density at radius 3 is 2.83 bits per heavy atom. The highest BCUT2D eigenvalue weighted by molar-refractivity contribution is 9.10. The molecule has 0 saturated carbocycles. The van der Waals surface area contributed by atoms with Crippen molar-refractivity contribution in [2.75, 3.05) is 18.1 Å². The van der Waals surface area contributed by atoms with Gasteiger partial charge in [-0.05, 0) is 28.6 Å². The third-order valence-corrected chi connectivity index (χ3v) is 4.15. The maximum Gasteiger partial charge on any atom is 0.293 e. The zero-order chi connectivity index (χ0) is 13.7. The van der Waals surface area contributed by atoms with Crippen molar-refractivity contribution < 1.29 is 9.31 Å². The summed E-state index contributed by atoms with van der Waals surface area (Å²) >= 11 is 4.66. The van der Waals surface area contributed by atoms with E-state index in [1.807, 2.05) is 6.26 Å². The van der Waals surface area contributed by atoms with Crippen LogP contribution in [0.3, 0.4) is 0 Å². The van der Waals surface area contributed by atoms with E-state index in [1.54, 1.807) is 11.8 Å². The van der Waals surface area contributed by atoms with E-state index in [9.17, 15) is 14.5 Å². The normalized spacial score (nSPS) is 12.2. The molecule has 1 unspecified atom stereocenters. The first-order valence-corrected chi connectivity index (χ1v) is 7.44. The van der Waals surface area contributed by atoms with Crippen LogP contribution in [0.5, 0.6) is 0 Å². The standard InChI is InChI=1S/C11H14BrFN2O2S/c1-7(18-2)3-4-14-10-6-9(13)8(12)5-11(10)15(16)17/h5-7,14H,3-4H2,1-2H3. The topological polar surface area (TPSA) is 55.2 Å². The molecule has 0 aromatic heterocycles. The zero-order valence-electron chi connectivity index (χ0n) is 10.1. The molecule has 1 aromatic carbocycles. The molecule has 1 aromatic rings. The fourth-order valence-electron chi connectivity index (χ4n) is 1.36. The summed E-state index contributed by atoms with van der Waals surface area (Å²) in [6, 6.07) is 2.32. The van der Waals surface area contributed by atoms with Crippen LogP contribution < -0.4 is 5.32 Å². The van der Waals surface area contributed by atoms with Gasteiger partial charge in [-0.3, -0.25) is 10.1 Å². The molecule has 7 heteroatoms. The van der Waals surface area contributed by atoms with Crippen LogP contribution in [0.25, 0.3) is 0 Å². The number of nitro benzene ring substituents is 1. The predicted octanol–water partition coefficient (Wildman–Crippen LogP) is 4.05. The van der Waals surface area contributed by atoms with Crippen molar-refractivity contribution in [1.82, 2.24) is 0 Å². The Balaban J connectivity index is 2.80. The van der Waals surface area contributed by atoms with Gasteiger partial charge in [-0.1, -0.05) is 6.92 Å². The highest BCUT2D eigenvalue weighted by Crippen LogP contribution is 2.30. The molecule has 0 saturated heterocycles. The average molecular weight is 337 g/mol. The monoisotopic (exact) mass is 336 g/mol. The van der Waals surface area contributed by atoms with Crippen LogP contribution in [0, 0.1) is 15.9 Å². The number of anilines is 1. The average Bonchev–Trinajstić information content (AvgIpc) is 2.32. The van der Waals surface area contributed by atoms with Gasteiger partial charge in [0.15, 0.2) is 0 Å². The number of hydrogen-bond donors (Lipinski definition) is 1. The summed E-state index contributed by atoms with van der Waals surface area (Å²) in [6.45, 7) is 2.65. The number of rotatable bonds is 6. The van der Waals surface area contributed by atoms with Gasteiger partial charge in [0.25, 0.3) is 5.69 Å². The van der Waals surface area contributed by atoms with Crippen molar-refractivity contribution in [3.8, 4) is 0 Å². The second-order valence-electron chi connectivity index (χ2n) is 3.80. The summed E-state index contributed by atoms with van der Waals surface area (Å²) in [5.41, 5.74) is 0.0917. The van der Waals surface area contributed by atoms with E-state index in [0.717, 1.165) is 12.5 Å². The lowest BCUT2D eigenvalue weighted by Gasteiger charge is -2.11. The summed E-state index contributed by atoms with van der Waals surface area (Å²) in [5.74, 6) is -0.513. The van der Waals surface area contributed by atoms with Crippen LogP contribution in [-0.2, 0) is 0 Å². The van der Waals surface area contributed by atoms with Crippen molar-refractivity contribution in [3.63, 3.8) is 0 Å². The van der Waals surface area contributed by atoms with E-state index in [0.29, 0.717) is 11.8 Å². The van der Waals surface area contributed by atoms with Gasteiger partial charge in [-0.25, -0.2) is 4.39 Å². The Kier molecular flexibility index (Phi) is 5.87. The summed E-state index contributed by atoms with van der Waals surface area (Å²) in [4.78, 5) is 10.3. The summed E-state index contributed by atoms with van der Waals surface area (Å²) in [6.07, 6.45) is 2.86. The number of thioether (sulfide) groups is 1. The first-order valence-electron chi connectivity index (χ1n) is 5.35. The fourth-order valence-corrected chi connectivity index (χ4v) is 2.04. The van der Waals surface area contributed by atoms with E-state index in [1.165, 1.54) is 6.07 Å². The first kappa shape index (κ1) is 15.2. The van der Waals surface area contributed by atoms with E-state index < -0.39 is 10.7 Å². The minimum Gasteiger partial charge on any atom is -0.379 e. The lowest BCUT2D eigenvalue weighted by Crippen LogP contribution is -2.09. The molecule has 0 heterocycles. The van der Waals surface area contributed by atoms with E-state index in [-0.39, 0.29) is 15.8 Å². The van der Waals surface area contributed by atoms with Crippen LogP contribution in [0.1, 0.15) is 13.3 Å². The number of hydrogen-bond acceptors (Lipinski definition) is 4. The van der Waals surface area contributed by atoms with Gasteiger partial charge in [-0.15, -0.1) is 0 Å². The van der Waals surface area contributed by atoms with Gasteiger partial charge in [0.2, 0.25) is 0 Å². The maximum atomic E-state index is 13.4. The van der Waals surface area contributed by atoms with Crippen molar-refractivity contribution in [1.29, 1.82) is 0 Å². The quantitative estimate of drug-likeness (QED) is 0.628. The molecule has 1 N–H and O–H groups in total. The van der Waals surface area contributed by atoms with Gasteiger partial charge in [-0.2, -0.15) is 11.8 Å².